The standard InChI is InChI=1S/C30H35F3N2O3S/c1-38-24-10-11-27-25(19-24)22(13-15-34-27)6-4-5-21-14-16-35(20-23(21)9-12-29(36)37)17-18-39-28-8-3-2-7-26(28)30(31,32)33/h2-3,7-8,10-11,13,15,19,21,23H,4-6,9,12,14,16-18,20H2,1H3,(H,36,37). The van der Waals surface area contributed by atoms with Crippen molar-refractivity contribution in [3.8, 4) is 5.75 Å². The summed E-state index contributed by atoms with van der Waals surface area (Å²) in [4.78, 5) is 18.3. The van der Waals surface area contributed by atoms with Gasteiger partial charge in [-0.2, -0.15) is 13.2 Å². The number of thioether (sulfide) groups is 1. The van der Waals surface area contributed by atoms with Crippen LogP contribution in [0.4, 0.5) is 13.2 Å². The van der Waals surface area contributed by atoms with Crippen LogP contribution in [-0.4, -0.2) is 53.5 Å². The molecule has 2 heterocycles. The van der Waals surface area contributed by atoms with E-state index in [1.54, 1.807) is 13.2 Å². The van der Waals surface area contributed by atoms with Crippen LogP contribution in [-0.2, 0) is 17.4 Å². The van der Waals surface area contributed by atoms with Crippen molar-refractivity contribution in [2.75, 3.05) is 32.5 Å². The van der Waals surface area contributed by atoms with Gasteiger partial charge in [0.1, 0.15) is 5.75 Å². The number of fused-ring (bicyclic) bond motifs is 1. The van der Waals surface area contributed by atoms with Crippen molar-refractivity contribution < 1.29 is 27.8 Å². The van der Waals surface area contributed by atoms with Crippen LogP contribution < -0.4 is 4.74 Å². The van der Waals surface area contributed by atoms with E-state index in [1.165, 1.54) is 29.5 Å². The van der Waals surface area contributed by atoms with Crippen LogP contribution in [0.1, 0.15) is 43.2 Å². The van der Waals surface area contributed by atoms with Gasteiger partial charge in [0.05, 0.1) is 18.2 Å². The Morgan fingerprint density at radius 3 is 2.74 bits per heavy atom. The van der Waals surface area contributed by atoms with Crippen LogP contribution in [0.5, 0.6) is 5.75 Å². The van der Waals surface area contributed by atoms with Crippen LogP contribution in [0.3, 0.4) is 0 Å². The van der Waals surface area contributed by atoms with Crippen LogP contribution in [0.2, 0.25) is 0 Å². The molecule has 0 bridgehead atoms. The van der Waals surface area contributed by atoms with Gasteiger partial charge in [-0.1, -0.05) is 12.1 Å². The molecule has 1 aromatic heterocycles. The summed E-state index contributed by atoms with van der Waals surface area (Å²) in [6.07, 6.45) is 2.12. The molecule has 1 N–H and O–H groups in total. The molecule has 0 amide bonds. The molecule has 9 heteroatoms. The Balaban J connectivity index is 1.33. The fourth-order valence-electron chi connectivity index (χ4n) is 5.57. The molecule has 0 spiro atoms. The number of halogens is 3. The number of nitrogens with zero attached hydrogens (tertiary/aromatic N) is 2. The van der Waals surface area contributed by atoms with Crippen LogP contribution in [0, 0.1) is 11.8 Å². The van der Waals surface area contributed by atoms with E-state index in [0.717, 1.165) is 61.5 Å². The third kappa shape index (κ3) is 8.11. The van der Waals surface area contributed by atoms with Crippen molar-refractivity contribution >= 4 is 28.6 Å². The molecule has 2 atom stereocenters. The van der Waals surface area contributed by atoms with Gasteiger partial charge < -0.3 is 14.7 Å². The van der Waals surface area contributed by atoms with Crippen molar-refractivity contribution in [1.82, 2.24) is 9.88 Å². The molecule has 1 saturated heterocycles. The highest BCUT2D eigenvalue weighted by molar-refractivity contribution is 7.99. The van der Waals surface area contributed by atoms with Gasteiger partial charge in [0.15, 0.2) is 0 Å². The van der Waals surface area contributed by atoms with E-state index >= 15 is 0 Å². The molecular formula is C30H35F3N2O3S. The monoisotopic (exact) mass is 560 g/mol. The predicted octanol–water partition coefficient (Wildman–Crippen LogP) is 7.18. The van der Waals surface area contributed by atoms with Gasteiger partial charge in [-0.3, -0.25) is 9.78 Å². The molecule has 39 heavy (non-hydrogen) atoms. The highest BCUT2D eigenvalue weighted by Crippen LogP contribution is 2.37. The average Bonchev–Trinajstić information content (AvgIpc) is 2.92. The zero-order valence-corrected chi connectivity index (χ0v) is 22.9. The van der Waals surface area contributed by atoms with Crippen LogP contribution in [0.25, 0.3) is 10.9 Å². The molecule has 1 aliphatic rings. The van der Waals surface area contributed by atoms with Crippen molar-refractivity contribution in [1.29, 1.82) is 0 Å². The Kier molecular flexibility index (Phi) is 10.1. The second-order valence-electron chi connectivity index (χ2n) is 10.1. The lowest BCUT2D eigenvalue weighted by molar-refractivity contribution is -0.140. The maximum Gasteiger partial charge on any atom is 0.417 e. The number of carboxylic acid groups (broad SMARTS) is 1. The number of benzene rings is 2. The molecule has 1 fully saturated rings. The van der Waals surface area contributed by atoms with Crippen LogP contribution in [0.15, 0.2) is 59.6 Å². The molecule has 1 aliphatic heterocycles. The predicted molar refractivity (Wildman–Crippen MR) is 148 cm³/mol. The quantitative estimate of drug-likeness (QED) is 0.237. The van der Waals surface area contributed by atoms with Gasteiger partial charge in [0, 0.05) is 41.7 Å². The highest BCUT2D eigenvalue weighted by atomic mass is 32.2. The third-order valence-corrected chi connectivity index (χ3v) is 8.68. The van der Waals surface area contributed by atoms with E-state index in [0.29, 0.717) is 24.6 Å². The molecule has 0 radical (unpaired) electrons. The normalized spacial score (nSPS) is 18.4. The number of hydrogen-bond donors (Lipinski definition) is 1. The first-order valence-corrected chi connectivity index (χ1v) is 14.4. The molecule has 2 unspecified atom stereocenters. The van der Waals surface area contributed by atoms with Crippen molar-refractivity contribution in [2.24, 2.45) is 11.8 Å². The SMILES string of the molecule is COc1ccc2nccc(CCCC3CCN(CCSc4ccccc4C(F)(F)F)CC3CCC(=O)O)c2c1. The smallest absolute Gasteiger partial charge is 0.417 e. The van der Waals surface area contributed by atoms with Gasteiger partial charge in [-0.25, -0.2) is 0 Å². The molecule has 5 nitrogen and oxygen atoms in total. The number of likely N-dealkylation sites (tertiary alicyclic amines) is 1. The number of carbonyl (C=O) groups is 1. The summed E-state index contributed by atoms with van der Waals surface area (Å²) in [5, 5.41) is 10.4. The second kappa shape index (κ2) is 13.5. The summed E-state index contributed by atoms with van der Waals surface area (Å²) < 4.78 is 45.3. The first-order chi connectivity index (χ1) is 18.7. The lowest BCUT2D eigenvalue weighted by Gasteiger charge is -2.39. The van der Waals surface area contributed by atoms with E-state index in [4.69, 9.17) is 4.74 Å². The Labute approximate surface area is 231 Å². The van der Waals surface area contributed by atoms with Crippen molar-refractivity contribution in [3.05, 3.63) is 65.9 Å². The fourth-order valence-corrected chi connectivity index (χ4v) is 6.65. The Bertz CT molecular complexity index is 1250. The van der Waals surface area contributed by atoms with E-state index in [2.05, 4.69) is 16.0 Å². The number of aromatic nitrogens is 1. The van der Waals surface area contributed by atoms with Gasteiger partial charge in [-0.15, -0.1) is 11.8 Å². The molecular weight excluding hydrogens is 525 g/mol. The van der Waals surface area contributed by atoms with E-state index < -0.39 is 17.7 Å². The summed E-state index contributed by atoms with van der Waals surface area (Å²) in [6, 6.07) is 13.7. The number of rotatable bonds is 12. The number of aryl methyl sites for hydroxylation is 1. The molecule has 0 aliphatic carbocycles. The highest BCUT2D eigenvalue weighted by Gasteiger charge is 2.33. The molecule has 2 aromatic carbocycles. The summed E-state index contributed by atoms with van der Waals surface area (Å²) in [7, 11) is 1.65. The molecule has 3 aromatic rings. The van der Waals surface area contributed by atoms with Crippen LogP contribution >= 0.6 is 11.8 Å². The fraction of sp³-hybridized carbons (Fsp3) is 0.467. The Morgan fingerprint density at radius 2 is 1.97 bits per heavy atom. The minimum absolute atomic E-state index is 0.136. The van der Waals surface area contributed by atoms with Gasteiger partial charge in [0.25, 0.3) is 0 Å². The van der Waals surface area contributed by atoms with Gasteiger partial charge in [-0.05, 0) is 92.4 Å². The first kappa shape index (κ1) is 29.2. The molecule has 210 valence electrons. The first-order valence-electron chi connectivity index (χ1n) is 13.4. The second-order valence-corrected chi connectivity index (χ2v) is 11.3. The maximum atomic E-state index is 13.3. The number of carboxylic acids is 1. The maximum absolute atomic E-state index is 13.3. The zero-order valence-electron chi connectivity index (χ0n) is 22.1. The summed E-state index contributed by atoms with van der Waals surface area (Å²) >= 11 is 1.23. The summed E-state index contributed by atoms with van der Waals surface area (Å²) in [6.45, 7) is 2.35. The zero-order chi connectivity index (χ0) is 27.8. The minimum atomic E-state index is -4.36. The lowest BCUT2D eigenvalue weighted by Crippen LogP contribution is -2.41. The summed E-state index contributed by atoms with van der Waals surface area (Å²) in [5.74, 6) is 1.26. The molecule has 0 saturated carbocycles. The Hall–Kier alpha value is -2.78. The number of ether oxygens (including phenoxy) is 1. The number of pyridine rings is 1. The number of alkyl halides is 3. The van der Waals surface area contributed by atoms with E-state index in [1.807, 2.05) is 24.4 Å². The number of hydrogen-bond acceptors (Lipinski definition) is 5. The number of aliphatic carboxylic acids is 1. The van der Waals surface area contributed by atoms with E-state index in [-0.39, 0.29) is 17.2 Å². The minimum Gasteiger partial charge on any atom is -0.497 e. The van der Waals surface area contributed by atoms with Gasteiger partial charge in [0.2, 0.25) is 0 Å². The third-order valence-electron chi connectivity index (χ3n) is 7.62. The average molecular weight is 561 g/mol. The topological polar surface area (TPSA) is 62.7 Å². The van der Waals surface area contributed by atoms with Crippen molar-refractivity contribution in [2.45, 2.75) is 49.6 Å². The lowest BCUT2D eigenvalue weighted by atomic mass is 9.79. The van der Waals surface area contributed by atoms with Gasteiger partial charge >= 0.3 is 12.1 Å². The van der Waals surface area contributed by atoms with E-state index in [9.17, 15) is 23.1 Å². The van der Waals surface area contributed by atoms with Crippen molar-refractivity contribution in [3.63, 3.8) is 0 Å². The Morgan fingerprint density at radius 1 is 1.15 bits per heavy atom. The largest absolute Gasteiger partial charge is 0.497 e. The number of methoxy groups -OCH3 is 1. The summed E-state index contributed by atoms with van der Waals surface area (Å²) in [5.41, 5.74) is 1.58. The number of piperidine rings is 1. The molecule has 4 rings (SSSR count).